The minimum atomic E-state index is -0.363. The molecule has 1 heterocycles. The predicted molar refractivity (Wildman–Crippen MR) is 101 cm³/mol. The second kappa shape index (κ2) is 6.19. The van der Waals surface area contributed by atoms with Crippen LogP contribution in [0.3, 0.4) is 0 Å². The lowest BCUT2D eigenvalue weighted by Gasteiger charge is -2.58. The molecule has 4 saturated carbocycles. The van der Waals surface area contributed by atoms with Gasteiger partial charge in [-0.25, -0.2) is 4.39 Å². The maximum Gasteiger partial charge on any atom is 0.287 e. The molecule has 2 atom stereocenters. The zero-order chi connectivity index (χ0) is 19.5. The maximum absolute atomic E-state index is 13.1. The predicted octanol–water partition coefficient (Wildman–Crippen LogP) is 3.50. The molecule has 4 aliphatic rings. The maximum atomic E-state index is 13.1. The molecule has 28 heavy (non-hydrogen) atoms. The number of halogens is 1. The summed E-state index contributed by atoms with van der Waals surface area (Å²) in [6, 6.07) is 9.40. The van der Waals surface area contributed by atoms with Crippen LogP contribution < -0.4 is 11.1 Å². The molecule has 5 nitrogen and oxygen atoms in total. The summed E-state index contributed by atoms with van der Waals surface area (Å²) in [5.41, 5.74) is 6.09. The molecule has 0 aliphatic heterocycles. The van der Waals surface area contributed by atoms with Crippen LogP contribution >= 0.6 is 0 Å². The Morgan fingerprint density at radius 1 is 1.04 bits per heavy atom. The summed E-state index contributed by atoms with van der Waals surface area (Å²) in [5, 5.41) is 3.16. The quantitative estimate of drug-likeness (QED) is 0.849. The van der Waals surface area contributed by atoms with E-state index < -0.39 is 0 Å². The highest BCUT2D eigenvalue weighted by atomic mass is 19.1. The van der Waals surface area contributed by atoms with Gasteiger partial charge in [-0.3, -0.25) is 9.59 Å². The van der Waals surface area contributed by atoms with Gasteiger partial charge in [-0.15, -0.1) is 0 Å². The number of amides is 2. The van der Waals surface area contributed by atoms with Crippen LogP contribution in [-0.2, 0) is 4.79 Å². The number of carbonyl (C=O) groups excluding carboxylic acids is 2. The number of benzene rings is 1. The van der Waals surface area contributed by atoms with Crippen LogP contribution in [-0.4, -0.2) is 17.9 Å². The molecule has 1 aromatic carbocycles. The summed E-state index contributed by atoms with van der Waals surface area (Å²) in [5.74, 6) is 1.20. The van der Waals surface area contributed by atoms with E-state index in [1.807, 2.05) is 0 Å². The SMILES string of the molecule is NC(=O)C12CC3CC(C1)C(NC(=O)c1ccc(-c4ccc(F)cc4)o1)C(C3)C2. The zero-order valence-electron chi connectivity index (χ0n) is 15.5. The van der Waals surface area contributed by atoms with Crippen LogP contribution in [0, 0.1) is 29.0 Å². The van der Waals surface area contributed by atoms with Crippen molar-refractivity contribution >= 4 is 11.8 Å². The summed E-state index contributed by atoms with van der Waals surface area (Å²) in [6.45, 7) is 0. The number of nitrogens with one attached hydrogen (secondary N) is 1. The van der Waals surface area contributed by atoms with E-state index in [1.54, 1.807) is 24.3 Å². The number of hydrogen-bond donors (Lipinski definition) is 2. The van der Waals surface area contributed by atoms with Gasteiger partial charge in [0.05, 0.1) is 0 Å². The van der Waals surface area contributed by atoms with Gasteiger partial charge in [-0.05, 0) is 86.3 Å². The number of furan rings is 1. The van der Waals surface area contributed by atoms with Crippen LogP contribution in [0.1, 0.15) is 42.7 Å². The van der Waals surface area contributed by atoms with Crippen LogP contribution in [0.5, 0.6) is 0 Å². The van der Waals surface area contributed by atoms with Gasteiger partial charge in [-0.2, -0.15) is 0 Å². The van der Waals surface area contributed by atoms with Crippen molar-refractivity contribution in [2.45, 2.75) is 38.1 Å². The number of hydrogen-bond acceptors (Lipinski definition) is 3. The average molecular weight is 382 g/mol. The van der Waals surface area contributed by atoms with Crippen molar-refractivity contribution in [1.29, 1.82) is 0 Å². The minimum absolute atomic E-state index is 0.0656. The molecule has 6 heteroatoms. The van der Waals surface area contributed by atoms with Gasteiger partial charge >= 0.3 is 0 Å². The molecule has 0 radical (unpaired) electrons. The van der Waals surface area contributed by atoms with E-state index >= 15 is 0 Å². The standard InChI is InChI=1S/C22H23FN2O3/c23-16-3-1-13(2-4-16)17-5-6-18(28-17)20(26)25-19-14-7-12-8-15(19)11-22(9-12,10-14)21(24)27/h1-6,12,14-15,19H,7-11H2,(H2,24,27)(H,25,26). The number of nitrogens with two attached hydrogens (primary N) is 1. The Morgan fingerprint density at radius 2 is 1.71 bits per heavy atom. The van der Waals surface area contributed by atoms with E-state index in [4.69, 9.17) is 10.2 Å². The van der Waals surface area contributed by atoms with Gasteiger partial charge in [0, 0.05) is 17.0 Å². The Morgan fingerprint density at radius 3 is 2.36 bits per heavy atom. The van der Waals surface area contributed by atoms with Gasteiger partial charge in [0.25, 0.3) is 5.91 Å². The van der Waals surface area contributed by atoms with E-state index in [0.29, 0.717) is 23.5 Å². The normalized spacial score (nSPS) is 33.0. The molecular weight excluding hydrogens is 359 g/mol. The molecular formula is C22H23FN2O3. The van der Waals surface area contributed by atoms with Gasteiger partial charge in [0.15, 0.2) is 5.76 Å². The van der Waals surface area contributed by atoms with Crippen molar-refractivity contribution in [3.8, 4) is 11.3 Å². The Labute approximate surface area is 162 Å². The van der Waals surface area contributed by atoms with Crippen molar-refractivity contribution in [1.82, 2.24) is 5.32 Å². The number of carbonyl (C=O) groups is 2. The van der Waals surface area contributed by atoms with E-state index in [2.05, 4.69) is 5.32 Å². The summed E-state index contributed by atoms with van der Waals surface area (Å²) in [7, 11) is 0. The molecule has 2 amide bonds. The molecule has 6 rings (SSSR count). The Bertz CT molecular complexity index is 920. The first-order valence-corrected chi connectivity index (χ1v) is 9.90. The van der Waals surface area contributed by atoms with E-state index in [1.165, 1.54) is 12.1 Å². The molecule has 4 fully saturated rings. The molecule has 146 valence electrons. The average Bonchev–Trinajstić information content (AvgIpc) is 3.15. The molecule has 3 N–H and O–H groups in total. The third kappa shape index (κ3) is 2.74. The van der Waals surface area contributed by atoms with Crippen molar-refractivity contribution in [3.63, 3.8) is 0 Å². The van der Waals surface area contributed by atoms with Gasteiger partial charge < -0.3 is 15.5 Å². The summed E-state index contributed by atoms with van der Waals surface area (Å²) < 4.78 is 18.8. The van der Waals surface area contributed by atoms with Crippen molar-refractivity contribution in [3.05, 3.63) is 48.0 Å². The van der Waals surface area contributed by atoms with E-state index in [0.717, 1.165) is 37.7 Å². The highest BCUT2D eigenvalue weighted by Gasteiger charge is 2.58. The fraction of sp³-hybridized carbons (Fsp3) is 0.455. The second-order valence-corrected chi connectivity index (χ2v) is 8.78. The Hall–Kier alpha value is -2.63. The summed E-state index contributed by atoms with van der Waals surface area (Å²) in [6.07, 6.45) is 4.57. The van der Waals surface area contributed by atoms with Gasteiger partial charge in [0.1, 0.15) is 11.6 Å². The fourth-order valence-electron chi connectivity index (χ4n) is 6.01. The molecule has 0 spiro atoms. The Balaban J connectivity index is 1.32. The lowest BCUT2D eigenvalue weighted by Crippen LogP contribution is -2.62. The first-order valence-electron chi connectivity index (χ1n) is 9.90. The van der Waals surface area contributed by atoms with Crippen LogP contribution in [0.2, 0.25) is 0 Å². The molecule has 4 bridgehead atoms. The van der Waals surface area contributed by atoms with E-state index in [9.17, 15) is 14.0 Å². The van der Waals surface area contributed by atoms with Crippen molar-refractivity contribution in [2.75, 3.05) is 0 Å². The molecule has 1 aromatic heterocycles. The molecule has 2 aromatic rings. The molecule has 4 aliphatic carbocycles. The zero-order valence-corrected chi connectivity index (χ0v) is 15.5. The largest absolute Gasteiger partial charge is 0.451 e. The fourth-order valence-corrected chi connectivity index (χ4v) is 6.01. The summed E-state index contributed by atoms with van der Waals surface area (Å²) in [4.78, 5) is 24.9. The van der Waals surface area contributed by atoms with Crippen molar-refractivity contribution < 1.29 is 18.4 Å². The highest BCUT2D eigenvalue weighted by Crippen LogP contribution is 2.59. The Kier molecular flexibility index (Phi) is 3.86. The first-order chi connectivity index (χ1) is 13.4. The lowest BCUT2D eigenvalue weighted by molar-refractivity contribution is -0.145. The molecule has 2 unspecified atom stereocenters. The first kappa shape index (κ1) is 17.5. The van der Waals surface area contributed by atoms with Crippen LogP contribution in [0.25, 0.3) is 11.3 Å². The van der Waals surface area contributed by atoms with Crippen molar-refractivity contribution in [2.24, 2.45) is 28.9 Å². The highest BCUT2D eigenvalue weighted by molar-refractivity contribution is 5.92. The van der Waals surface area contributed by atoms with Gasteiger partial charge in [-0.1, -0.05) is 0 Å². The third-order valence-electron chi connectivity index (χ3n) is 7.05. The van der Waals surface area contributed by atoms with E-state index in [-0.39, 0.29) is 34.8 Å². The van der Waals surface area contributed by atoms with Gasteiger partial charge in [0.2, 0.25) is 5.91 Å². The minimum Gasteiger partial charge on any atom is -0.451 e. The summed E-state index contributed by atoms with van der Waals surface area (Å²) >= 11 is 0. The number of primary amides is 1. The smallest absolute Gasteiger partial charge is 0.287 e. The van der Waals surface area contributed by atoms with Crippen LogP contribution in [0.4, 0.5) is 4.39 Å². The van der Waals surface area contributed by atoms with Crippen LogP contribution in [0.15, 0.2) is 40.8 Å². The number of rotatable bonds is 4. The topological polar surface area (TPSA) is 85.3 Å². The monoisotopic (exact) mass is 382 g/mol. The second-order valence-electron chi connectivity index (χ2n) is 8.78. The third-order valence-corrected chi connectivity index (χ3v) is 7.05. The molecule has 0 saturated heterocycles. The lowest BCUT2D eigenvalue weighted by atomic mass is 9.47.